The predicted octanol–water partition coefficient (Wildman–Crippen LogP) is 0.421. The lowest BCUT2D eigenvalue weighted by atomic mass is 9.66. The van der Waals surface area contributed by atoms with Gasteiger partial charge in [0.2, 0.25) is 0 Å². The first kappa shape index (κ1) is 8.03. The van der Waals surface area contributed by atoms with Gasteiger partial charge < -0.3 is 9.47 Å². The minimum atomic E-state index is -0.602. The molecule has 3 aliphatic heterocycles. The summed E-state index contributed by atoms with van der Waals surface area (Å²) in [5.41, 5.74) is -0.602. The molecule has 0 aromatic heterocycles. The average molecular weight is 194 g/mol. The standard InChI is InChI=1S/C10H10O4/c11-8-7-2-1-6(14-8)5-10(7)3-4-13-9(10)12/h1-2,6-7H,3-5H2. The Morgan fingerprint density at radius 3 is 2.79 bits per heavy atom. The molecule has 4 nitrogen and oxygen atoms in total. The lowest BCUT2D eigenvalue weighted by Crippen LogP contribution is -2.50. The molecule has 3 heterocycles. The molecule has 4 heteroatoms. The number of carbonyl (C=O) groups excluding carboxylic acids is 2. The highest BCUT2D eigenvalue weighted by Crippen LogP contribution is 2.49. The van der Waals surface area contributed by atoms with Gasteiger partial charge in [0.25, 0.3) is 0 Å². The Hall–Kier alpha value is -1.32. The van der Waals surface area contributed by atoms with Gasteiger partial charge in [-0.2, -0.15) is 0 Å². The Bertz CT molecular complexity index is 346. The van der Waals surface area contributed by atoms with Crippen molar-refractivity contribution >= 4 is 11.9 Å². The number of fused-ring (bicyclic) bond motifs is 1. The Kier molecular flexibility index (Phi) is 1.36. The second-order valence-electron chi connectivity index (χ2n) is 4.08. The number of ether oxygens (including phenoxy) is 2. The van der Waals surface area contributed by atoms with Gasteiger partial charge >= 0.3 is 11.9 Å². The third-order valence-electron chi connectivity index (χ3n) is 3.39. The summed E-state index contributed by atoms with van der Waals surface area (Å²) in [5.74, 6) is -0.918. The molecule has 0 radical (unpaired) electrons. The highest BCUT2D eigenvalue weighted by molar-refractivity contribution is 5.90. The summed E-state index contributed by atoms with van der Waals surface area (Å²) in [5, 5.41) is 0. The molecule has 2 bridgehead atoms. The molecule has 1 spiro atoms. The average Bonchev–Trinajstić information content (AvgIpc) is 2.48. The lowest BCUT2D eigenvalue weighted by Gasteiger charge is -2.41. The van der Waals surface area contributed by atoms with Gasteiger partial charge in [0.15, 0.2) is 0 Å². The van der Waals surface area contributed by atoms with E-state index >= 15 is 0 Å². The van der Waals surface area contributed by atoms with Crippen molar-refractivity contribution in [3.8, 4) is 0 Å². The van der Waals surface area contributed by atoms with E-state index in [1.54, 1.807) is 6.08 Å². The van der Waals surface area contributed by atoms with Crippen LogP contribution in [0.5, 0.6) is 0 Å². The zero-order valence-corrected chi connectivity index (χ0v) is 7.56. The molecule has 4 rings (SSSR count). The summed E-state index contributed by atoms with van der Waals surface area (Å²) in [6.07, 6.45) is 4.68. The minimum absolute atomic E-state index is 0.224. The van der Waals surface area contributed by atoms with Gasteiger partial charge in [0.05, 0.1) is 17.9 Å². The molecule has 0 amide bonds. The summed E-state index contributed by atoms with van der Waals surface area (Å²) >= 11 is 0. The number of esters is 2. The van der Waals surface area contributed by atoms with Crippen LogP contribution >= 0.6 is 0 Å². The van der Waals surface area contributed by atoms with E-state index in [2.05, 4.69) is 0 Å². The first-order valence-electron chi connectivity index (χ1n) is 4.78. The Morgan fingerprint density at radius 2 is 2.21 bits per heavy atom. The first-order chi connectivity index (χ1) is 6.72. The topological polar surface area (TPSA) is 52.6 Å². The van der Waals surface area contributed by atoms with Crippen LogP contribution < -0.4 is 0 Å². The van der Waals surface area contributed by atoms with E-state index in [0.717, 1.165) is 0 Å². The zero-order chi connectivity index (χ0) is 9.76. The van der Waals surface area contributed by atoms with Crippen molar-refractivity contribution < 1.29 is 19.1 Å². The molecule has 2 fully saturated rings. The van der Waals surface area contributed by atoms with Crippen molar-refractivity contribution in [2.45, 2.75) is 18.9 Å². The van der Waals surface area contributed by atoms with Gasteiger partial charge in [-0.3, -0.25) is 9.59 Å². The van der Waals surface area contributed by atoms with Crippen LogP contribution in [-0.4, -0.2) is 24.6 Å². The number of cyclic esters (lactones) is 1. The third kappa shape index (κ3) is 0.786. The molecule has 0 N–H and O–H groups in total. The molecule has 14 heavy (non-hydrogen) atoms. The second kappa shape index (κ2) is 2.38. The Balaban J connectivity index is 2.06. The van der Waals surface area contributed by atoms with Crippen molar-refractivity contribution in [3.05, 3.63) is 12.2 Å². The van der Waals surface area contributed by atoms with Gasteiger partial charge in [0.1, 0.15) is 6.10 Å². The highest BCUT2D eigenvalue weighted by Gasteiger charge is 2.58. The fourth-order valence-electron chi connectivity index (χ4n) is 2.62. The lowest BCUT2D eigenvalue weighted by molar-refractivity contribution is -0.175. The van der Waals surface area contributed by atoms with Crippen LogP contribution in [0, 0.1) is 11.3 Å². The van der Waals surface area contributed by atoms with Crippen molar-refractivity contribution in [1.82, 2.24) is 0 Å². The van der Waals surface area contributed by atoms with Crippen molar-refractivity contribution in [2.75, 3.05) is 6.61 Å². The van der Waals surface area contributed by atoms with Crippen molar-refractivity contribution in [3.63, 3.8) is 0 Å². The molecule has 4 aliphatic rings. The fraction of sp³-hybridized carbons (Fsp3) is 0.600. The molecule has 74 valence electrons. The van der Waals surface area contributed by atoms with Gasteiger partial charge in [0, 0.05) is 6.42 Å². The highest BCUT2D eigenvalue weighted by atomic mass is 16.6. The van der Waals surface area contributed by atoms with Gasteiger partial charge in [-0.05, 0) is 12.5 Å². The van der Waals surface area contributed by atoms with E-state index in [1.165, 1.54) is 0 Å². The summed E-state index contributed by atoms with van der Waals surface area (Å²) in [7, 11) is 0. The third-order valence-corrected chi connectivity index (χ3v) is 3.39. The van der Waals surface area contributed by atoms with Crippen LogP contribution in [0.1, 0.15) is 12.8 Å². The van der Waals surface area contributed by atoms with Crippen LogP contribution in [0.15, 0.2) is 12.2 Å². The van der Waals surface area contributed by atoms with Crippen LogP contribution in [0.3, 0.4) is 0 Å². The molecule has 3 atom stereocenters. The summed E-state index contributed by atoms with van der Waals surface area (Å²) in [4.78, 5) is 23.1. The van der Waals surface area contributed by atoms with Crippen LogP contribution in [0.25, 0.3) is 0 Å². The van der Waals surface area contributed by atoms with E-state index in [4.69, 9.17) is 9.47 Å². The van der Waals surface area contributed by atoms with Crippen LogP contribution in [-0.2, 0) is 19.1 Å². The molecule has 0 aromatic carbocycles. The fourth-order valence-corrected chi connectivity index (χ4v) is 2.62. The summed E-state index contributed by atoms with van der Waals surface area (Å²) in [6, 6.07) is 0. The van der Waals surface area contributed by atoms with E-state index in [0.29, 0.717) is 19.4 Å². The predicted molar refractivity (Wildman–Crippen MR) is 45.1 cm³/mol. The Morgan fingerprint density at radius 1 is 1.36 bits per heavy atom. The quantitative estimate of drug-likeness (QED) is 0.414. The van der Waals surface area contributed by atoms with E-state index in [1.807, 2.05) is 6.08 Å². The van der Waals surface area contributed by atoms with Crippen molar-refractivity contribution in [1.29, 1.82) is 0 Å². The molecule has 0 saturated carbocycles. The maximum Gasteiger partial charge on any atom is 0.314 e. The first-order valence-corrected chi connectivity index (χ1v) is 4.78. The Labute approximate surface area is 80.9 Å². The van der Waals surface area contributed by atoms with E-state index < -0.39 is 11.3 Å². The van der Waals surface area contributed by atoms with Gasteiger partial charge in [-0.25, -0.2) is 0 Å². The molecule has 3 unspecified atom stereocenters. The molecule has 1 aliphatic carbocycles. The largest absolute Gasteiger partial charge is 0.465 e. The molecular formula is C10H10O4. The normalized spacial score (nSPS) is 44.3. The SMILES string of the molecule is O=C1OC2C=CC1C1(CCOC1=O)C2. The van der Waals surface area contributed by atoms with Gasteiger partial charge in [-0.15, -0.1) is 0 Å². The maximum atomic E-state index is 11.6. The number of carbonyl (C=O) groups is 2. The second-order valence-corrected chi connectivity index (χ2v) is 4.08. The maximum absolute atomic E-state index is 11.6. The monoisotopic (exact) mass is 194 g/mol. The van der Waals surface area contributed by atoms with Crippen molar-refractivity contribution in [2.24, 2.45) is 11.3 Å². The molecular weight excluding hydrogens is 184 g/mol. The smallest absolute Gasteiger partial charge is 0.314 e. The number of hydrogen-bond donors (Lipinski definition) is 0. The minimum Gasteiger partial charge on any atom is -0.465 e. The van der Waals surface area contributed by atoms with Crippen LogP contribution in [0.2, 0.25) is 0 Å². The molecule has 2 saturated heterocycles. The number of rotatable bonds is 0. The van der Waals surface area contributed by atoms with E-state index in [-0.39, 0.29) is 18.0 Å². The molecule has 0 aromatic rings. The number of hydrogen-bond acceptors (Lipinski definition) is 4. The van der Waals surface area contributed by atoms with E-state index in [9.17, 15) is 9.59 Å². The van der Waals surface area contributed by atoms with Crippen LogP contribution in [0.4, 0.5) is 0 Å². The van der Waals surface area contributed by atoms with Gasteiger partial charge in [-0.1, -0.05) is 6.08 Å². The zero-order valence-electron chi connectivity index (χ0n) is 7.56. The summed E-state index contributed by atoms with van der Waals surface area (Å²) in [6.45, 7) is 0.434. The summed E-state index contributed by atoms with van der Waals surface area (Å²) < 4.78 is 10.1.